The van der Waals surface area contributed by atoms with Crippen LogP contribution in [-0.2, 0) is 16.6 Å². The molecule has 0 atom stereocenters. The van der Waals surface area contributed by atoms with Crippen LogP contribution in [0, 0.1) is 0 Å². The van der Waals surface area contributed by atoms with Crippen molar-refractivity contribution in [3.8, 4) is 5.75 Å². The lowest BCUT2D eigenvalue weighted by Gasteiger charge is -2.22. The number of sulfonamides is 1. The summed E-state index contributed by atoms with van der Waals surface area (Å²) < 4.78 is 31.4. The molecule has 32 heavy (non-hydrogen) atoms. The molecule has 3 aromatic rings. The highest BCUT2D eigenvalue weighted by molar-refractivity contribution is 7.92. The van der Waals surface area contributed by atoms with Gasteiger partial charge < -0.3 is 10.1 Å². The van der Waals surface area contributed by atoms with Gasteiger partial charge in [0.25, 0.3) is 5.91 Å². The molecular formula is C23H22Cl2N2O4S. The first kappa shape index (κ1) is 23.9. The number of carbonyl (C=O) groups is 1. The molecule has 168 valence electrons. The highest BCUT2D eigenvalue weighted by Gasteiger charge is 2.18. The van der Waals surface area contributed by atoms with Gasteiger partial charge in [-0.25, -0.2) is 8.42 Å². The monoisotopic (exact) mass is 492 g/mol. The zero-order valence-corrected chi connectivity index (χ0v) is 19.6. The maximum absolute atomic E-state index is 12.4. The Labute approximate surface area is 197 Å². The van der Waals surface area contributed by atoms with E-state index < -0.39 is 10.0 Å². The standard InChI is InChI=1S/C23H22Cl2N2O4S/c1-32(29,30)27(20-6-4-5-19(24)15-20)16-17-9-11-18(12-10-17)23(28)26-13-14-31-22-8-3-2-7-21(22)25/h2-12,15H,13-14,16H2,1H3,(H,26,28). The Morgan fingerprint density at radius 1 is 1.00 bits per heavy atom. The van der Waals surface area contributed by atoms with Gasteiger partial charge in [-0.1, -0.05) is 53.5 Å². The number of para-hydroxylation sites is 1. The summed E-state index contributed by atoms with van der Waals surface area (Å²) in [4.78, 5) is 12.4. The van der Waals surface area contributed by atoms with Gasteiger partial charge in [0.15, 0.2) is 0 Å². The number of rotatable bonds is 9. The van der Waals surface area contributed by atoms with Gasteiger partial charge in [0.2, 0.25) is 10.0 Å². The van der Waals surface area contributed by atoms with Crippen LogP contribution in [0.4, 0.5) is 5.69 Å². The van der Waals surface area contributed by atoms with Crippen LogP contribution >= 0.6 is 23.2 Å². The van der Waals surface area contributed by atoms with E-state index in [-0.39, 0.29) is 19.1 Å². The summed E-state index contributed by atoms with van der Waals surface area (Å²) in [6, 6.07) is 20.5. The van der Waals surface area contributed by atoms with Crippen LogP contribution in [0.2, 0.25) is 10.0 Å². The summed E-state index contributed by atoms with van der Waals surface area (Å²) in [5.74, 6) is 0.303. The van der Waals surface area contributed by atoms with E-state index in [2.05, 4.69) is 5.32 Å². The molecule has 9 heteroatoms. The first-order chi connectivity index (χ1) is 15.2. The molecule has 1 N–H and O–H groups in total. The zero-order valence-electron chi connectivity index (χ0n) is 17.3. The van der Waals surface area contributed by atoms with Crippen molar-refractivity contribution in [1.82, 2.24) is 5.32 Å². The van der Waals surface area contributed by atoms with Crippen LogP contribution in [0.5, 0.6) is 5.75 Å². The van der Waals surface area contributed by atoms with Crippen molar-refractivity contribution in [2.75, 3.05) is 23.7 Å². The van der Waals surface area contributed by atoms with Gasteiger partial charge in [-0.05, 0) is 48.0 Å². The quantitative estimate of drug-likeness (QED) is 0.436. The van der Waals surface area contributed by atoms with E-state index in [4.69, 9.17) is 27.9 Å². The van der Waals surface area contributed by atoms with E-state index in [1.54, 1.807) is 60.7 Å². The fourth-order valence-electron chi connectivity index (χ4n) is 2.95. The van der Waals surface area contributed by atoms with Crippen molar-refractivity contribution in [3.05, 3.63) is 94.0 Å². The second-order valence-electron chi connectivity index (χ2n) is 6.98. The van der Waals surface area contributed by atoms with Crippen molar-refractivity contribution >= 4 is 44.8 Å². The molecule has 3 aromatic carbocycles. The lowest BCUT2D eigenvalue weighted by Crippen LogP contribution is -2.29. The third-order valence-corrected chi connectivity index (χ3v) is 6.21. The van der Waals surface area contributed by atoms with E-state index >= 15 is 0 Å². The number of halogens is 2. The average Bonchev–Trinajstić information content (AvgIpc) is 2.75. The van der Waals surface area contributed by atoms with Gasteiger partial charge in [0, 0.05) is 10.6 Å². The van der Waals surface area contributed by atoms with Gasteiger partial charge in [-0.3, -0.25) is 9.10 Å². The van der Waals surface area contributed by atoms with Crippen LogP contribution in [0.3, 0.4) is 0 Å². The summed E-state index contributed by atoms with van der Waals surface area (Å²) in [6.45, 7) is 0.700. The van der Waals surface area contributed by atoms with E-state index in [0.29, 0.717) is 33.6 Å². The molecule has 0 saturated carbocycles. The minimum absolute atomic E-state index is 0.118. The average molecular weight is 493 g/mol. The van der Waals surface area contributed by atoms with Crippen LogP contribution in [0.1, 0.15) is 15.9 Å². The molecule has 0 unspecified atom stereocenters. The number of nitrogens with one attached hydrogen (secondary N) is 1. The molecule has 6 nitrogen and oxygen atoms in total. The molecule has 0 aliphatic rings. The minimum atomic E-state index is -3.53. The molecule has 0 aliphatic carbocycles. The van der Waals surface area contributed by atoms with Crippen LogP contribution in [-0.4, -0.2) is 33.7 Å². The Kier molecular flexibility index (Phi) is 8.01. The molecule has 0 heterocycles. The van der Waals surface area contributed by atoms with Crippen LogP contribution < -0.4 is 14.4 Å². The Morgan fingerprint density at radius 2 is 1.72 bits per heavy atom. The van der Waals surface area contributed by atoms with Gasteiger partial charge in [-0.15, -0.1) is 0 Å². The van der Waals surface area contributed by atoms with Gasteiger partial charge in [0.05, 0.1) is 30.1 Å². The molecule has 0 bridgehead atoms. The van der Waals surface area contributed by atoms with E-state index in [9.17, 15) is 13.2 Å². The predicted molar refractivity (Wildman–Crippen MR) is 128 cm³/mol. The lowest BCUT2D eigenvalue weighted by molar-refractivity contribution is 0.0947. The maximum atomic E-state index is 12.4. The second-order valence-corrected chi connectivity index (χ2v) is 9.73. The fourth-order valence-corrected chi connectivity index (χ4v) is 4.20. The van der Waals surface area contributed by atoms with E-state index in [1.165, 1.54) is 4.31 Å². The summed E-state index contributed by atoms with van der Waals surface area (Å²) in [7, 11) is -3.53. The second kappa shape index (κ2) is 10.7. The van der Waals surface area contributed by atoms with Crippen molar-refractivity contribution < 1.29 is 17.9 Å². The Bertz CT molecular complexity index is 1180. The normalized spacial score (nSPS) is 11.1. The molecule has 0 aromatic heterocycles. The Balaban J connectivity index is 1.58. The topological polar surface area (TPSA) is 75.7 Å². The van der Waals surface area contributed by atoms with Crippen LogP contribution in [0.25, 0.3) is 0 Å². The minimum Gasteiger partial charge on any atom is -0.490 e. The third kappa shape index (κ3) is 6.63. The zero-order chi connectivity index (χ0) is 23.1. The highest BCUT2D eigenvalue weighted by Crippen LogP contribution is 2.24. The number of hydrogen-bond donors (Lipinski definition) is 1. The van der Waals surface area contributed by atoms with E-state index in [1.807, 2.05) is 12.1 Å². The molecular weight excluding hydrogens is 471 g/mol. The number of carbonyl (C=O) groups excluding carboxylic acids is 1. The SMILES string of the molecule is CS(=O)(=O)N(Cc1ccc(C(=O)NCCOc2ccccc2Cl)cc1)c1cccc(Cl)c1. The number of anilines is 1. The fraction of sp³-hybridized carbons (Fsp3) is 0.174. The summed E-state index contributed by atoms with van der Waals surface area (Å²) in [6.07, 6.45) is 1.14. The molecule has 0 spiro atoms. The van der Waals surface area contributed by atoms with Crippen LogP contribution in [0.15, 0.2) is 72.8 Å². The number of hydrogen-bond acceptors (Lipinski definition) is 4. The van der Waals surface area contributed by atoms with Gasteiger partial charge >= 0.3 is 0 Å². The number of benzene rings is 3. The predicted octanol–water partition coefficient (Wildman–Crippen LogP) is 4.77. The molecule has 0 aliphatic heterocycles. The molecule has 0 saturated heterocycles. The summed E-state index contributed by atoms with van der Waals surface area (Å²) in [5, 5.41) is 3.73. The van der Waals surface area contributed by atoms with Crippen molar-refractivity contribution in [1.29, 1.82) is 0 Å². The van der Waals surface area contributed by atoms with Crippen molar-refractivity contribution in [2.24, 2.45) is 0 Å². The van der Waals surface area contributed by atoms with Gasteiger partial charge in [-0.2, -0.15) is 0 Å². The summed E-state index contributed by atoms with van der Waals surface area (Å²) in [5.41, 5.74) is 1.66. The van der Waals surface area contributed by atoms with Gasteiger partial charge in [0.1, 0.15) is 12.4 Å². The lowest BCUT2D eigenvalue weighted by atomic mass is 10.1. The Morgan fingerprint density at radius 3 is 2.38 bits per heavy atom. The largest absolute Gasteiger partial charge is 0.490 e. The third-order valence-electron chi connectivity index (χ3n) is 4.52. The van der Waals surface area contributed by atoms with Crippen molar-refractivity contribution in [2.45, 2.75) is 6.54 Å². The number of ether oxygens (including phenoxy) is 1. The molecule has 0 radical (unpaired) electrons. The smallest absolute Gasteiger partial charge is 0.251 e. The first-order valence-electron chi connectivity index (χ1n) is 9.72. The maximum Gasteiger partial charge on any atom is 0.251 e. The van der Waals surface area contributed by atoms with Crippen molar-refractivity contribution in [3.63, 3.8) is 0 Å². The molecule has 3 rings (SSSR count). The first-order valence-corrected chi connectivity index (χ1v) is 12.3. The Hall–Kier alpha value is -2.74. The van der Waals surface area contributed by atoms with E-state index in [0.717, 1.165) is 11.8 Å². The number of amides is 1. The number of nitrogens with zero attached hydrogens (tertiary/aromatic N) is 1. The summed E-state index contributed by atoms with van der Waals surface area (Å²) >= 11 is 12.0. The molecule has 1 amide bonds. The highest BCUT2D eigenvalue weighted by atomic mass is 35.5. The molecule has 0 fully saturated rings.